The molecule has 2 aromatic rings. The van der Waals surface area contributed by atoms with E-state index in [-0.39, 0.29) is 5.02 Å². The largest absolute Gasteiger partial charge is 0.454 e. The third kappa shape index (κ3) is 4.63. The number of esters is 1. The van der Waals surface area contributed by atoms with Crippen LogP contribution in [0.5, 0.6) is 0 Å². The molecule has 0 N–H and O–H groups in total. The molecule has 0 aliphatic carbocycles. The quantitative estimate of drug-likeness (QED) is 0.434. The van der Waals surface area contributed by atoms with Crippen molar-refractivity contribution >= 4 is 41.0 Å². The second kappa shape index (κ2) is 8.04. The Labute approximate surface area is 146 Å². The molecule has 0 aromatic heterocycles. The Kier molecular flexibility index (Phi) is 6.06. The minimum atomic E-state index is -0.890. The Morgan fingerprint density at radius 3 is 2.62 bits per heavy atom. The van der Waals surface area contributed by atoms with Crippen LogP contribution in [-0.4, -0.2) is 18.4 Å². The molecule has 0 atom stereocenters. The van der Waals surface area contributed by atoms with Gasteiger partial charge < -0.3 is 4.74 Å². The number of halogens is 4. The van der Waals surface area contributed by atoms with Gasteiger partial charge in [-0.2, -0.15) is 0 Å². The van der Waals surface area contributed by atoms with Crippen LogP contribution >= 0.6 is 23.2 Å². The van der Waals surface area contributed by atoms with E-state index in [1.165, 1.54) is 6.08 Å². The van der Waals surface area contributed by atoms with Crippen molar-refractivity contribution in [3.8, 4) is 0 Å². The molecule has 0 amide bonds. The first kappa shape index (κ1) is 18.1. The topological polar surface area (TPSA) is 43.4 Å². The van der Waals surface area contributed by atoms with Crippen LogP contribution in [0.4, 0.5) is 8.78 Å². The number of hydrogen-bond acceptors (Lipinski definition) is 3. The molecule has 0 aliphatic heterocycles. The van der Waals surface area contributed by atoms with Crippen LogP contribution in [-0.2, 0) is 9.53 Å². The molecule has 0 heterocycles. The van der Waals surface area contributed by atoms with Crippen molar-refractivity contribution in [3.63, 3.8) is 0 Å². The molecule has 24 heavy (non-hydrogen) atoms. The molecule has 7 heteroatoms. The minimum Gasteiger partial charge on any atom is -0.454 e. The summed E-state index contributed by atoms with van der Waals surface area (Å²) in [7, 11) is 0. The number of Topliss-reactive ketones (excluding diaryl/α,β-unsaturated/α-hetero) is 1. The van der Waals surface area contributed by atoms with Crippen LogP contribution < -0.4 is 0 Å². The van der Waals surface area contributed by atoms with Gasteiger partial charge in [-0.15, -0.1) is 0 Å². The van der Waals surface area contributed by atoms with Gasteiger partial charge in [0.1, 0.15) is 11.6 Å². The fourth-order valence-electron chi connectivity index (χ4n) is 1.78. The van der Waals surface area contributed by atoms with E-state index in [0.29, 0.717) is 10.6 Å². The fraction of sp³-hybridized carbons (Fsp3) is 0.0588. The SMILES string of the molecule is O=C(/C=C/c1cccc(Cl)c1Cl)OCC(=O)c1cc(F)ccc1F. The lowest BCUT2D eigenvalue weighted by Crippen LogP contribution is -2.14. The van der Waals surface area contributed by atoms with Gasteiger partial charge in [-0.05, 0) is 35.9 Å². The summed E-state index contributed by atoms with van der Waals surface area (Å²) in [4.78, 5) is 23.3. The molecule has 0 aliphatic rings. The Balaban J connectivity index is 1.98. The molecule has 2 rings (SSSR count). The van der Waals surface area contributed by atoms with Gasteiger partial charge in [0.15, 0.2) is 6.61 Å². The summed E-state index contributed by atoms with van der Waals surface area (Å²) in [5.41, 5.74) is 0.00767. The van der Waals surface area contributed by atoms with Gasteiger partial charge in [0, 0.05) is 6.08 Å². The van der Waals surface area contributed by atoms with E-state index in [1.807, 2.05) is 0 Å². The summed E-state index contributed by atoms with van der Waals surface area (Å²) in [6.07, 6.45) is 2.41. The first-order valence-electron chi connectivity index (χ1n) is 6.65. The number of ether oxygens (including phenoxy) is 1. The van der Waals surface area contributed by atoms with Crippen molar-refractivity contribution in [3.05, 3.63) is 75.3 Å². The minimum absolute atomic E-state index is 0.265. The first-order chi connectivity index (χ1) is 11.4. The van der Waals surface area contributed by atoms with Gasteiger partial charge in [0.2, 0.25) is 5.78 Å². The molecule has 0 saturated heterocycles. The third-order valence-corrected chi connectivity index (χ3v) is 3.79. The van der Waals surface area contributed by atoms with E-state index in [0.717, 1.165) is 24.3 Å². The lowest BCUT2D eigenvalue weighted by atomic mass is 10.1. The number of carbonyl (C=O) groups excluding carboxylic acids is 2. The highest BCUT2D eigenvalue weighted by Crippen LogP contribution is 2.26. The zero-order valence-corrected chi connectivity index (χ0v) is 13.6. The van der Waals surface area contributed by atoms with E-state index in [9.17, 15) is 18.4 Å². The van der Waals surface area contributed by atoms with E-state index >= 15 is 0 Å². The van der Waals surface area contributed by atoms with Crippen LogP contribution in [0.1, 0.15) is 15.9 Å². The summed E-state index contributed by atoms with van der Waals surface area (Å²) < 4.78 is 31.2. The van der Waals surface area contributed by atoms with Crippen LogP contribution in [0.25, 0.3) is 6.08 Å². The van der Waals surface area contributed by atoms with Crippen LogP contribution in [0.2, 0.25) is 10.0 Å². The monoisotopic (exact) mass is 370 g/mol. The Hall–Kier alpha value is -2.24. The number of carbonyl (C=O) groups is 2. The predicted octanol–water partition coefficient (Wildman–Crippen LogP) is 4.71. The summed E-state index contributed by atoms with van der Waals surface area (Å²) in [5.74, 6) is -3.34. The van der Waals surface area contributed by atoms with Crippen LogP contribution in [0.15, 0.2) is 42.5 Å². The summed E-state index contributed by atoms with van der Waals surface area (Å²) in [5, 5.41) is 0.588. The second-order valence-corrected chi connectivity index (χ2v) is 5.42. The van der Waals surface area contributed by atoms with E-state index in [1.54, 1.807) is 18.2 Å². The molecular formula is C17H10Cl2F2O3. The Bertz CT molecular complexity index is 819. The smallest absolute Gasteiger partial charge is 0.331 e. The standard InChI is InChI=1S/C17H10Cl2F2O3/c18-13-3-1-2-10(17(13)19)4-7-16(23)24-9-15(22)12-8-11(20)5-6-14(12)21/h1-8H,9H2/b7-4+. The highest BCUT2D eigenvalue weighted by atomic mass is 35.5. The van der Waals surface area contributed by atoms with Crippen molar-refractivity contribution in [1.82, 2.24) is 0 Å². The van der Waals surface area contributed by atoms with Crippen LogP contribution in [0, 0.1) is 11.6 Å². The molecule has 0 fully saturated rings. The van der Waals surface area contributed by atoms with Crippen molar-refractivity contribution in [1.29, 1.82) is 0 Å². The highest BCUT2D eigenvalue weighted by molar-refractivity contribution is 6.42. The second-order valence-electron chi connectivity index (χ2n) is 4.63. The van der Waals surface area contributed by atoms with Crippen molar-refractivity contribution in [2.45, 2.75) is 0 Å². The number of hydrogen-bond donors (Lipinski definition) is 0. The van der Waals surface area contributed by atoms with E-state index in [2.05, 4.69) is 0 Å². The summed E-state index contributed by atoms with van der Waals surface area (Å²) >= 11 is 11.8. The maximum Gasteiger partial charge on any atom is 0.331 e. The van der Waals surface area contributed by atoms with Crippen LogP contribution in [0.3, 0.4) is 0 Å². The Morgan fingerprint density at radius 1 is 1.12 bits per heavy atom. The maximum absolute atomic E-state index is 13.4. The molecule has 0 unspecified atom stereocenters. The zero-order chi connectivity index (χ0) is 17.7. The van der Waals surface area contributed by atoms with E-state index in [4.69, 9.17) is 27.9 Å². The third-order valence-electron chi connectivity index (χ3n) is 2.95. The lowest BCUT2D eigenvalue weighted by Gasteiger charge is -2.04. The fourth-order valence-corrected chi connectivity index (χ4v) is 2.15. The van der Waals surface area contributed by atoms with Crippen molar-refractivity contribution in [2.75, 3.05) is 6.61 Å². The molecule has 3 nitrogen and oxygen atoms in total. The lowest BCUT2D eigenvalue weighted by molar-refractivity contribution is -0.136. The normalized spacial score (nSPS) is 10.8. The van der Waals surface area contributed by atoms with E-state index < -0.39 is 35.6 Å². The summed E-state index contributed by atoms with van der Waals surface area (Å²) in [6.45, 7) is -0.715. The van der Waals surface area contributed by atoms with Gasteiger partial charge in [-0.25, -0.2) is 13.6 Å². The molecule has 0 bridgehead atoms. The Morgan fingerprint density at radius 2 is 1.88 bits per heavy atom. The number of rotatable bonds is 5. The molecule has 0 saturated carbocycles. The molecule has 2 aromatic carbocycles. The molecule has 0 radical (unpaired) electrons. The predicted molar refractivity (Wildman–Crippen MR) is 87.1 cm³/mol. The zero-order valence-electron chi connectivity index (χ0n) is 12.1. The molecular weight excluding hydrogens is 361 g/mol. The highest BCUT2D eigenvalue weighted by Gasteiger charge is 2.14. The van der Waals surface area contributed by atoms with Gasteiger partial charge >= 0.3 is 5.97 Å². The average Bonchev–Trinajstić information content (AvgIpc) is 2.56. The van der Waals surface area contributed by atoms with Gasteiger partial charge in [-0.3, -0.25) is 4.79 Å². The van der Waals surface area contributed by atoms with Gasteiger partial charge in [0.05, 0.1) is 15.6 Å². The van der Waals surface area contributed by atoms with Crippen molar-refractivity contribution in [2.24, 2.45) is 0 Å². The van der Waals surface area contributed by atoms with Crippen molar-refractivity contribution < 1.29 is 23.1 Å². The number of ketones is 1. The van der Waals surface area contributed by atoms with Gasteiger partial charge in [-0.1, -0.05) is 35.3 Å². The maximum atomic E-state index is 13.4. The molecule has 124 valence electrons. The number of benzene rings is 2. The molecule has 0 spiro atoms. The first-order valence-corrected chi connectivity index (χ1v) is 7.41. The van der Waals surface area contributed by atoms with Gasteiger partial charge in [0.25, 0.3) is 0 Å². The summed E-state index contributed by atoms with van der Waals surface area (Å²) in [6, 6.07) is 7.32. The average molecular weight is 371 g/mol.